The molecule has 1 aromatic rings. The minimum atomic E-state index is -3.11. The molecular weight excluding hydrogens is 278 g/mol. The number of nitrogens with one attached hydrogen (secondary N) is 2. The van der Waals surface area contributed by atoms with E-state index in [1.807, 2.05) is 0 Å². The molecular formula is C13H21N3O3S. The first kappa shape index (κ1) is 16.4. The normalized spacial score (nSPS) is 12.8. The summed E-state index contributed by atoms with van der Waals surface area (Å²) in [7, 11) is -3.11. The Hall–Kier alpha value is -1.63. The Labute approximate surface area is 119 Å². The van der Waals surface area contributed by atoms with Gasteiger partial charge in [0.15, 0.2) is 0 Å². The molecule has 1 aromatic heterocycles. The lowest BCUT2D eigenvalue weighted by atomic mass is 10.2. The summed E-state index contributed by atoms with van der Waals surface area (Å²) in [6.45, 7) is 4.53. The van der Waals surface area contributed by atoms with Crippen molar-refractivity contribution in [2.75, 3.05) is 23.9 Å². The van der Waals surface area contributed by atoms with Crippen molar-refractivity contribution in [1.82, 2.24) is 10.3 Å². The highest BCUT2D eigenvalue weighted by Gasteiger charge is 2.14. The number of amides is 1. The molecule has 0 fully saturated rings. The molecule has 0 saturated carbocycles. The summed E-state index contributed by atoms with van der Waals surface area (Å²) in [6.07, 6.45) is 3.61. The summed E-state index contributed by atoms with van der Waals surface area (Å²) in [5.74, 6) is 0.311. The lowest BCUT2D eigenvalue weighted by Crippen LogP contribution is -2.37. The number of sulfone groups is 1. The van der Waals surface area contributed by atoms with E-state index >= 15 is 0 Å². The molecule has 1 heterocycles. The highest BCUT2D eigenvalue weighted by Crippen LogP contribution is 2.05. The fraction of sp³-hybridized carbons (Fsp3) is 0.538. The predicted octanol–water partition coefficient (Wildman–Crippen LogP) is 1.07. The second-order valence-corrected chi connectivity index (χ2v) is 7.01. The molecule has 1 amide bonds. The van der Waals surface area contributed by atoms with Crippen LogP contribution in [0.3, 0.4) is 0 Å². The van der Waals surface area contributed by atoms with Gasteiger partial charge in [0.1, 0.15) is 15.7 Å². The first-order chi connectivity index (χ1) is 9.31. The van der Waals surface area contributed by atoms with Gasteiger partial charge >= 0.3 is 0 Å². The lowest BCUT2D eigenvalue weighted by Gasteiger charge is -2.12. The van der Waals surface area contributed by atoms with Gasteiger partial charge in [0.05, 0.1) is 11.3 Å². The van der Waals surface area contributed by atoms with Crippen molar-refractivity contribution in [3.05, 3.63) is 23.9 Å². The van der Waals surface area contributed by atoms with Crippen LogP contribution in [0.15, 0.2) is 18.3 Å². The van der Waals surface area contributed by atoms with E-state index in [2.05, 4.69) is 22.5 Å². The molecule has 0 aliphatic rings. The Morgan fingerprint density at radius 2 is 2.10 bits per heavy atom. The number of hydrogen-bond acceptors (Lipinski definition) is 5. The second-order valence-electron chi connectivity index (χ2n) is 4.83. The SMILES string of the molecule is CCCNc1ccc(C(=O)NC(C)CS(C)(=O)=O)cn1. The predicted molar refractivity (Wildman–Crippen MR) is 79.7 cm³/mol. The third kappa shape index (κ3) is 6.01. The largest absolute Gasteiger partial charge is 0.370 e. The summed E-state index contributed by atoms with van der Waals surface area (Å²) >= 11 is 0. The molecule has 112 valence electrons. The van der Waals surface area contributed by atoms with Crippen LogP contribution in [0.1, 0.15) is 30.6 Å². The minimum Gasteiger partial charge on any atom is -0.370 e. The van der Waals surface area contributed by atoms with Crippen LogP contribution in [0.5, 0.6) is 0 Å². The van der Waals surface area contributed by atoms with E-state index in [1.165, 1.54) is 6.20 Å². The number of aromatic nitrogens is 1. The molecule has 6 nitrogen and oxygen atoms in total. The first-order valence-electron chi connectivity index (χ1n) is 6.50. The van der Waals surface area contributed by atoms with Crippen LogP contribution in [-0.4, -0.2) is 43.9 Å². The van der Waals surface area contributed by atoms with Crippen molar-refractivity contribution in [3.63, 3.8) is 0 Å². The Kier molecular flexibility index (Phi) is 5.94. The zero-order valence-electron chi connectivity index (χ0n) is 12.0. The molecule has 0 aliphatic heterocycles. The van der Waals surface area contributed by atoms with Crippen LogP contribution < -0.4 is 10.6 Å². The molecule has 1 atom stereocenters. The van der Waals surface area contributed by atoms with Gasteiger partial charge in [-0.25, -0.2) is 13.4 Å². The smallest absolute Gasteiger partial charge is 0.253 e. The Bertz CT molecular complexity index is 540. The number of carbonyl (C=O) groups is 1. The van der Waals surface area contributed by atoms with Crippen LogP contribution in [0.4, 0.5) is 5.82 Å². The van der Waals surface area contributed by atoms with Gasteiger partial charge in [-0.3, -0.25) is 4.79 Å². The number of pyridine rings is 1. The molecule has 7 heteroatoms. The maximum atomic E-state index is 11.9. The number of rotatable bonds is 7. The molecule has 0 aliphatic carbocycles. The number of carbonyl (C=O) groups excluding carboxylic acids is 1. The molecule has 0 radical (unpaired) electrons. The summed E-state index contributed by atoms with van der Waals surface area (Å²) in [5.41, 5.74) is 0.410. The summed E-state index contributed by atoms with van der Waals surface area (Å²) in [6, 6.07) is 2.95. The Balaban J connectivity index is 2.59. The van der Waals surface area contributed by atoms with Crippen molar-refractivity contribution < 1.29 is 13.2 Å². The fourth-order valence-corrected chi connectivity index (χ4v) is 2.68. The van der Waals surface area contributed by atoms with E-state index in [9.17, 15) is 13.2 Å². The van der Waals surface area contributed by atoms with Gasteiger partial charge in [-0.2, -0.15) is 0 Å². The maximum absolute atomic E-state index is 11.9. The van der Waals surface area contributed by atoms with Crippen LogP contribution in [-0.2, 0) is 9.84 Å². The topological polar surface area (TPSA) is 88.2 Å². The van der Waals surface area contributed by atoms with Crippen molar-refractivity contribution >= 4 is 21.6 Å². The number of nitrogens with zero attached hydrogens (tertiary/aromatic N) is 1. The van der Waals surface area contributed by atoms with E-state index in [-0.39, 0.29) is 11.7 Å². The summed E-state index contributed by atoms with van der Waals surface area (Å²) < 4.78 is 22.3. The molecule has 0 bridgehead atoms. The summed E-state index contributed by atoms with van der Waals surface area (Å²) in [5, 5.41) is 5.75. The molecule has 20 heavy (non-hydrogen) atoms. The minimum absolute atomic E-state index is 0.0810. The van der Waals surface area contributed by atoms with Crippen LogP contribution in [0, 0.1) is 0 Å². The highest BCUT2D eigenvalue weighted by molar-refractivity contribution is 7.90. The van der Waals surface area contributed by atoms with Gasteiger partial charge in [-0.1, -0.05) is 6.92 Å². The number of anilines is 1. The quantitative estimate of drug-likeness (QED) is 0.786. The van der Waals surface area contributed by atoms with E-state index in [0.29, 0.717) is 11.4 Å². The first-order valence-corrected chi connectivity index (χ1v) is 8.56. The monoisotopic (exact) mass is 299 g/mol. The molecule has 0 saturated heterocycles. The van der Waals surface area contributed by atoms with Gasteiger partial charge in [-0.15, -0.1) is 0 Å². The standard InChI is InChI=1S/C13H21N3O3S/c1-4-7-14-12-6-5-11(8-15-12)13(17)16-10(2)9-20(3,18)19/h5-6,8,10H,4,7,9H2,1-3H3,(H,14,15)(H,16,17). The molecule has 2 N–H and O–H groups in total. The molecule has 1 rings (SSSR count). The van der Waals surface area contributed by atoms with Crippen LogP contribution >= 0.6 is 0 Å². The molecule has 0 spiro atoms. The van der Waals surface area contributed by atoms with Gasteiger partial charge < -0.3 is 10.6 Å². The zero-order chi connectivity index (χ0) is 15.2. The lowest BCUT2D eigenvalue weighted by molar-refractivity contribution is 0.0943. The van der Waals surface area contributed by atoms with E-state index in [4.69, 9.17) is 0 Å². The Morgan fingerprint density at radius 3 is 2.60 bits per heavy atom. The molecule has 0 aromatic carbocycles. The van der Waals surface area contributed by atoms with Crippen molar-refractivity contribution in [1.29, 1.82) is 0 Å². The second kappa shape index (κ2) is 7.23. The van der Waals surface area contributed by atoms with E-state index in [1.54, 1.807) is 19.1 Å². The van der Waals surface area contributed by atoms with Crippen molar-refractivity contribution in [2.24, 2.45) is 0 Å². The average Bonchev–Trinajstić information content (AvgIpc) is 2.34. The third-order valence-electron chi connectivity index (χ3n) is 2.51. The molecule has 1 unspecified atom stereocenters. The van der Waals surface area contributed by atoms with Gasteiger partial charge in [0.2, 0.25) is 0 Å². The van der Waals surface area contributed by atoms with Gasteiger partial charge in [0.25, 0.3) is 5.91 Å². The third-order valence-corrected chi connectivity index (χ3v) is 3.62. The van der Waals surface area contributed by atoms with E-state index in [0.717, 1.165) is 19.2 Å². The van der Waals surface area contributed by atoms with Crippen molar-refractivity contribution in [3.8, 4) is 0 Å². The maximum Gasteiger partial charge on any atom is 0.253 e. The Morgan fingerprint density at radius 1 is 1.40 bits per heavy atom. The highest BCUT2D eigenvalue weighted by atomic mass is 32.2. The van der Waals surface area contributed by atoms with Crippen LogP contribution in [0.2, 0.25) is 0 Å². The average molecular weight is 299 g/mol. The fourth-order valence-electron chi connectivity index (χ4n) is 1.69. The van der Waals surface area contributed by atoms with Crippen LogP contribution in [0.25, 0.3) is 0 Å². The van der Waals surface area contributed by atoms with Gasteiger partial charge in [-0.05, 0) is 25.5 Å². The summed E-state index contributed by atoms with van der Waals surface area (Å²) in [4.78, 5) is 16.0. The number of hydrogen-bond donors (Lipinski definition) is 2. The van der Waals surface area contributed by atoms with Gasteiger partial charge in [0, 0.05) is 25.0 Å². The van der Waals surface area contributed by atoms with E-state index < -0.39 is 15.9 Å². The van der Waals surface area contributed by atoms with Crippen molar-refractivity contribution in [2.45, 2.75) is 26.3 Å². The zero-order valence-corrected chi connectivity index (χ0v) is 12.8.